The van der Waals surface area contributed by atoms with Gasteiger partial charge in [-0.1, -0.05) is 42.5 Å². The first-order valence-electron chi connectivity index (χ1n) is 6.95. The molecule has 1 amide bonds. The second kappa shape index (κ2) is 7.47. The molecule has 0 aromatic heterocycles. The Morgan fingerprint density at radius 2 is 1.82 bits per heavy atom. The van der Waals surface area contributed by atoms with E-state index in [1.165, 1.54) is 0 Å². The van der Waals surface area contributed by atoms with Crippen LogP contribution in [-0.2, 0) is 11.3 Å². The third kappa shape index (κ3) is 3.56. The second-order valence-electron chi connectivity index (χ2n) is 4.78. The minimum atomic E-state index is -0.558. The summed E-state index contributed by atoms with van der Waals surface area (Å²) in [6.07, 6.45) is 0. The van der Waals surface area contributed by atoms with E-state index >= 15 is 0 Å². The fourth-order valence-corrected chi connectivity index (χ4v) is 2.33. The molecule has 5 heteroatoms. The lowest BCUT2D eigenvalue weighted by molar-refractivity contribution is -0.120. The van der Waals surface area contributed by atoms with Crippen LogP contribution in [0, 0.1) is 0 Å². The van der Waals surface area contributed by atoms with Crippen LogP contribution >= 0.6 is 0 Å². The van der Waals surface area contributed by atoms with Gasteiger partial charge in [-0.15, -0.1) is 0 Å². The number of ether oxygens (including phenoxy) is 2. The third-order valence-corrected chi connectivity index (χ3v) is 3.40. The maximum Gasteiger partial charge on any atom is 0.239 e. The Morgan fingerprint density at radius 3 is 2.41 bits per heavy atom. The molecule has 22 heavy (non-hydrogen) atoms. The molecule has 0 aliphatic carbocycles. The average molecular weight is 300 g/mol. The summed E-state index contributed by atoms with van der Waals surface area (Å²) in [6, 6.07) is 14.4. The average Bonchev–Trinajstić information content (AvgIpc) is 2.55. The number of amides is 1. The summed E-state index contributed by atoms with van der Waals surface area (Å²) >= 11 is 0. The summed E-state index contributed by atoms with van der Waals surface area (Å²) in [4.78, 5) is 11.7. The normalized spacial score (nSPS) is 11.7. The zero-order valence-electron chi connectivity index (χ0n) is 12.7. The molecule has 2 aromatic carbocycles. The van der Waals surface area contributed by atoms with Crippen LogP contribution in [-0.4, -0.2) is 20.1 Å². The van der Waals surface area contributed by atoms with Gasteiger partial charge in [-0.3, -0.25) is 10.1 Å². The minimum absolute atomic E-state index is 0.423. The fourth-order valence-electron chi connectivity index (χ4n) is 2.33. The smallest absolute Gasteiger partial charge is 0.239 e. The van der Waals surface area contributed by atoms with Crippen LogP contribution in [0.1, 0.15) is 17.2 Å². The molecule has 0 aliphatic heterocycles. The quantitative estimate of drug-likeness (QED) is 0.820. The molecule has 2 aromatic rings. The molecule has 0 aliphatic rings. The van der Waals surface area contributed by atoms with Crippen LogP contribution in [0.2, 0.25) is 0 Å². The molecule has 3 N–H and O–H groups in total. The van der Waals surface area contributed by atoms with Crippen molar-refractivity contribution in [3.05, 3.63) is 59.7 Å². The van der Waals surface area contributed by atoms with E-state index in [2.05, 4.69) is 5.32 Å². The Bertz CT molecular complexity index is 629. The number of nitrogens with two attached hydrogens (primary N) is 1. The topological polar surface area (TPSA) is 73.6 Å². The Labute approximate surface area is 130 Å². The van der Waals surface area contributed by atoms with Crippen LogP contribution in [0.3, 0.4) is 0 Å². The highest BCUT2D eigenvalue weighted by molar-refractivity contribution is 5.81. The van der Waals surface area contributed by atoms with Gasteiger partial charge >= 0.3 is 0 Å². The molecule has 1 atom stereocenters. The molecule has 5 nitrogen and oxygen atoms in total. The van der Waals surface area contributed by atoms with Gasteiger partial charge < -0.3 is 15.2 Å². The molecule has 0 bridgehead atoms. The van der Waals surface area contributed by atoms with Crippen molar-refractivity contribution in [3.8, 4) is 11.5 Å². The summed E-state index contributed by atoms with van der Waals surface area (Å²) in [5.74, 6) is 0.874. The monoisotopic (exact) mass is 300 g/mol. The van der Waals surface area contributed by atoms with Crippen LogP contribution in [0.5, 0.6) is 11.5 Å². The largest absolute Gasteiger partial charge is 0.493 e. The highest BCUT2D eigenvalue weighted by Crippen LogP contribution is 2.30. The minimum Gasteiger partial charge on any atom is -0.493 e. The van der Waals surface area contributed by atoms with Gasteiger partial charge in [-0.25, -0.2) is 0 Å². The van der Waals surface area contributed by atoms with Crippen molar-refractivity contribution in [2.45, 2.75) is 12.6 Å². The Kier molecular flexibility index (Phi) is 5.38. The molecule has 116 valence electrons. The van der Waals surface area contributed by atoms with Gasteiger partial charge in [0.05, 0.1) is 14.2 Å². The lowest BCUT2D eigenvalue weighted by Gasteiger charge is -2.18. The van der Waals surface area contributed by atoms with E-state index in [0.29, 0.717) is 18.0 Å². The number of rotatable bonds is 7. The van der Waals surface area contributed by atoms with Crippen molar-refractivity contribution in [1.29, 1.82) is 0 Å². The van der Waals surface area contributed by atoms with Crippen LogP contribution in [0.15, 0.2) is 48.5 Å². The fraction of sp³-hybridized carbons (Fsp3) is 0.235. The van der Waals surface area contributed by atoms with E-state index in [0.717, 1.165) is 11.1 Å². The van der Waals surface area contributed by atoms with E-state index in [-0.39, 0.29) is 0 Å². The van der Waals surface area contributed by atoms with E-state index in [1.54, 1.807) is 14.2 Å². The third-order valence-electron chi connectivity index (χ3n) is 3.40. The molecule has 0 fully saturated rings. The van der Waals surface area contributed by atoms with Crippen LogP contribution < -0.4 is 20.5 Å². The van der Waals surface area contributed by atoms with Crippen LogP contribution in [0.4, 0.5) is 0 Å². The van der Waals surface area contributed by atoms with Crippen molar-refractivity contribution in [1.82, 2.24) is 5.32 Å². The number of primary amides is 1. The number of para-hydroxylation sites is 1. The Balaban J connectivity index is 2.19. The first-order valence-corrected chi connectivity index (χ1v) is 6.95. The maximum atomic E-state index is 11.7. The summed E-state index contributed by atoms with van der Waals surface area (Å²) in [6.45, 7) is 0.433. The number of hydrogen-bond donors (Lipinski definition) is 2. The summed E-state index contributed by atoms with van der Waals surface area (Å²) < 4.78 is 10.7. The lowest BCUT2D eigenvalue weighted by atomic mass is 10.1. The van der Waals surface area contributed by atoms with Gasteiger partial charge in [0.25, 0.3) is 0 Å². The Morgan fingerprint density at radius 1 is 1.09 bits per heavy atom. The molecule has 1 unspecified atom stereocenters. The van der Waals surface area contributed by atoms with Gasteiger partial charge in [0, 0.05) is 12.1 Å². The number of nitrogens with one attached hydrogen (secondary N) is 1. The van der Waals surface area contributed by atoms with Gasteiger partial charge in [0.15, 0.2) is 11.5 Å². The number of benzene rings is 2. The van der Waals surface area contributed by atoms with Crippen molar-refractivity contribution in [3.63, 3.8) is 0 Å². The highest BCUT2D eigenvalue weighted by atomic mass is 16.5. The van der Waals surface area contributed by atoms with Gasteiger partial charge in [-0.2, -0.15) is 0 Å². The number of hydrogen-bond acceptors (Lipinski definition) is 4. The van der Waals surface area contributed by atoms with Crippen molar-refractivity contribution in [2.24, 2.45) is 5.73 Å². The van der Waals surface area contributed by atoms with E-state index in [9.17, 15) is 4.79 Å². The molecular weight excluding hydrogens is 280 g/mol. The first-order chi connectivity index (χ1) is 10.7. The molecule has 0 radical (unpaired) electrons. The molecule has 0 heterocycles. The van der Waals surface area contributed by atoms with Crippen molar-refractivity contribution in [2.75, 3.05) is 14.2 Å². The SMILES string of the molecule is COc1cccc(CNC(C(N)=O)c2ccccc2)c1OC. The lowest BCUT2D eigenvalue weighted by Crippen LogP contribution is -2.33. The van der Waals surface area contributed by atoms with Gasteiger partial charge in [0.1, 0.15) is 6.04 Å². The summed E-state index contributed by atoms with van der Waals surface area (Å²) in [5, 5.41) is 3.17. The molecule has 2 rings (SSSR count). The Hall–Kier alpha value is -2.53. The highest BCUT2D eigenvalue weighted by Gasteiger charge is 2.18. The molecule has 0 spiro atoms. The number of carbonyl (C=O) groups excluding carboxylic acids is 1. The zero-order chi connectivity index (χ0) is 15.9. The van der Waals surface area contributed by atoms with Gasteiger partial charge in [0.2, 0.25) is 5.91 Å². The van der Waals surface area contributed by atoms with Crippen molar-refractivity contribution < 1.29 is 14.3 Å². The first kappa shape index (κ1) is 15.9. The summed E-state index contributed by atoms with van der Waals surface area (Å²) in [5.41, 5.74) is 7.23. The molecule has 0 saturated heterocycles. The number of carbonyl (C=O) groups is 1. The van der Waals surface area contributed by atoms with E-state index < -0.39 is 11.9 Å². The van der Waals surface area contributed by atoms with Crippen molar-refractivity contribution >= 4 is 5.91 Å². The maximum absolute atomic E-state index is 11.7. The van der Waals surface area contributed by atoms with Crippen LogP contribution in [0.25, 0.3) is 0 Å². The number of methoxy groups -OCH3 is 2. The second-order valence-corrected chi connectivity index (χ2v) is 4.78. The van der Waals surface area contributed by atoms with Gasteiger partial charge in [-0.05, 0) is 11.6 Å². The zero-order valence-corrected chi connectivity index (χ0v) is 12.7. The summed E-state index contributed by atoms with van der Waals surface area (Å²) in [7, 11) is 3.18. The van der Waals surface area contributed by atoms with E-state index in [4.69, 9.17) is 15.2 Å². The standard InChI is InChI=1S/C17H20N2O3/c1-21-14-10-6-9-13(16(14)22-2)11-19-15(17(18)20)12-7-4-3-5-8-12/h3-10,15,19H,11H2,1-2H3,(H2,18,20). The predicted molar refractivity (Wildman–Crippen MR) is 84.8 cm³/mol. The molecular formula is C17H20N2O3. The molecule has 0 saturated carbocycles. The van der Waals surface area contributed by atoms with E-state index in [1.807, 2.05) is 48.5 Å². The predicted octanol–water partition coefficient (Wildman–Crippen LogP) is 2.02.